The van der Waals surface area contributed by atoms with Crippen molar-refractivity contribution in [1.82, 2.24) is 4.37 Å². The lowest BCUT2D eigenvalue weighted by Gasteiger charge is -2.04. The lowest BCUT2D eigenvalue weighted by atomic mass is 10.4. The highest BCUT2D eigenvalue weighted by atomic mass is 32.1. The van der Waals surface area contributed by atoms with Gasteiger partial charge >= 0.3 is 0 Å². The molecular formula is C9H17N3O2S. The van der Waals surface area contributed by atoms with Crippen LogP contribution in [0.2, 0.25) is 0 Å². The Bertz CT molecular complexity index is 268. The molecule has 0 aliphatic rings. The van der Waals surface area contributed by atoms with E-state index in [1.54, 1.807) is 7.11 Å². The molecule has 1 aromatic heterocycles. The largest absolute Gasteiger partial charge is 0.383 e. The molecule has 0 aliphatic heterocycles. The van der Waals surface area contributed by atoms with Gasteiger partial charge in [0.15, 0.2) is 0 Å². The number of rotatable bonds is 8. The zero-order valence-electron chi connectivity index (χ0n) is 8.86. The molecule has 1 rings (SSSR count). The minimum Gasteiger partial charge on any atom is -0.383 e. The van der Waals surface area contributed by atoms with Gasteiger partial charge in [-0.1, -0.05) is 0 Å². The molecule has 86 valence electrons. The predicted molar refractivity (Wildman–Crippen MR) is 62.3 cm³/mol. The van der Waals surface area contributed by atoms with E-state index in [0.717, 1.165) is 24.6 Å². The van der Waals surface area contributed by atoms with Crippen molar-refractivity contribution in [3.05, 3.63) is 6.07 Å². The average molecular weight is 231 g/mol. The summed E-state index contributed by atoms with van der Waals surface area (Å²) in [5.74, 6) is 0.568. The van der Waals surface area contributed by atoms with Crippen molar-refractivity contribution >= 4 is 22.4 Å². The third-order valence-electron chi connectivity index (χ3n) is 1.72. The Labute approximate surface area is 93.7 Å². The molecule has 0 saturated heterocycles. The van der Waals surface area contributed by atoms with Crippen LogP contribution in [-0.4, -0.2) is 37.8 Å². The quantitative estimate of drug-likeness (QED) is 0.658. The molecule has 3 N–H and O–H groups in total. The summed E-state index contributed by atoms with van der Waals surface area (Å²) in [7, 11) is 1.67. The minimum atomic E-state index is 0.568. The number of nitrogens with two attached hydrogens (primary N) is 1. The van der Waals surface area contributed by atoms with Crippen LogP contribution in [0.15, 0.2) is 6.07 Å². The SMILES string of the molecule is COCCOCCCNc1cc(N)ns1. The Balaban J connectivity index is 1.93. The molecule has 0 bridgehead atoms. The highest BCUT2D eigenvalue weighted by Crippen LogP contribution is 2.16. The van der Waals surface area contributed by atoms with Crippen LogP contribution in [0, 0.1) is 0 Å². The second-order valence-corrected chi connectivity index (χ2v) is 3.81. The van der Waals surface area contributed by atoms with Crippen LogP contribution in [0.3, 0.4) is 0 Å². The van der Waals surface area contributed by atoms with E-state index in [0.29, 0.717) is 19.0 Å². The molecule has 0 saturated carbocycles. The number of ether oxygens (including phenoxy) is 2. The van der Waals surface area contributed by atoms with Crippen LogP contribution in [0.5, 0.6) is 0 Å². The Hall–Kier alpha value is -0.850. The first kappa shape index (κ1) is 12.2. The van der Waals surface area contributed by atoms with E-state index in [9.17, 15) is 0 Å². The van der Waals surface area contributed by atoms with Crippen LogP contribution in [0.25, 0.3) is 0 Å². The molecule has 6 heteroatoms. The molecular weight excluding hydrogens is 214 g/mol. The van der Waals surface area contributed by atoms with Gasteiger partial charge in [0.2, 0.25) is 0 Å². The predicted octanol–water partition coefficient (Wildman–Crippen LogP) is 1.19. The number of nitrogens with zero attached hydrogens (tertiary/aromatic N) is 1. The summed E-state index contributed by atoms with van der Waals surface area (Å²) < 4.78 is 14.1. The Morgan fingerprint density at radius 1 is 1.47 bits per heavy atom. The third kappa shape index (κ3) is 5.56. The van der Waals surface area contributed by atoms with Crippen molar-refractivity contribution < 1.29 is 9.47 Å². The molecule has 5 nitrogen and oxygen atoms in total. The smallest absolute Gasteiger partial charge is 0.139 e. The fraction of sp³-hybridized carbons (Fsp3) is 0.667. The van der Waals surface area contributed by atoms with Crippen molar-refractivity contribution in [1.29, 1.82) is 0 Å². The summed E-state index contributed by atoms with van der Waals surface area (Å²) in [6.45, 7) is 2.92. The van der Waals surface area contributed by atoms with E-state index in [1.165, 1.54) is 11.5 Å². The second-order valence-electron chi connectivity index (χ2n) is 3.00. The number of hydrogen-bond donors (Lipinski definition) is 2. The zero-order valence-corrected chi connectivity index (χ0v) is 9.68. The fourth-order valence-electron chi connectivity index (χ4n) is 1.00. The lowest BCUT2D eigenvalue weighted by Crippen LogP contribution is -2.07. The number of nitrogen functional groups attached to an aromatic ring is 1. The van der Waals surface area contributed by atoms with E-state index in [2.05, 4.69) is 9.69 Å². The van der Waals surface area contributed by atoms with Crippen LogP contribution in [0.1, 0.15) is 6.42 Å². The van der Waals surface area contributed by atoms with Crippen molar-refractivity contribution in [3.63, 3.8) is 0 Å². The first-order valence-corrected chi connectivity index (χ1v) is 5.63. The molecule has 0 aromatic carbocycles. The summed E-state index contributed by atoms with van der Waals surface area (Å²) >= 11 is 1.37. The van der Waals surface area contributed by atoms with E-state index in [1.807, 2.05) is 6.07 Å². The number of anilines is 2. The van der Waals surface area contributed by atoms with E-state index in [-0.39, 0.29) is 0 Å². The molecule has 0 radical (unpaired) electrons. The van der Waals surface area contributed by atoms with Crippen molar-refractivity contribution in [3.8, 4) is 0 Å². The number of methoxy groups -OCH3 is 1. The van der Waals surface area contributed by atoms with E-state index < -0.39 is 0 Å². The van der Waals surface area contributed by atoms with Crippen molar-refractivity contribution in [2.75, 3.05) is 44.5 Å². The molecule has 1 aromatic rings. The van der Waals surface area contributed by atoms with Crippen LogP contribution in [0.4, 0.5) is 10.8 Å². The molecule has 15 heavy (non-hydrogen) atoms. The Morgan fingerprint density at radius 3 is 3.00 bits per heavy atom. The summed E-state index contributed by atoms with van der Waals surface area (Å²) in [6, 6.07) is 1.83. The third-order valence-corrected chi connectivity index (χ3v) is 2.49. The van der Waals surface area contributed by atoms with Gasteiger partial charge < -0.3 is 20.5 Å². The first-order valence-electron chi connectivity index (χ1n) is 4.85. The molecule has 0 amide bonds. The van der Waals surface area contributed by atoms with Crippen LogP contribution < -0.4 is 11.1 Å². The maximum absolute atomic E-state index is 5.48. The average Bonchev–Trinajstić information content (AvgIpc) is 2.63. The van der Waals surface area contributed by atoms with Gasteiger partial charge in [-0.05, 0) is 18.0 Å². The molecule has 0 aliphatic carbocycles. The zero-order chi connectivity index (χ0) is 10.9. The lowest BCUT2D eigenvalue weighted by molar-refractivity contribution is 0.0705. The van der Waals surface area contributed by atoms with Gasteiger partial charge in [-0.15, -0.1) is 0 Å². The second kappa shape index (κ2) is 7.44. The molecule has 0 atom stereocenters. The summed E-state index contributed by atoms with van der Waals surface area (Å²) in [4.78, 5) is 0. The molecule has 0 unspecified atom stereocenters. The van der Waals surface area contributed by atoms with Gasteiger partial charge in [0.1, 0.15) is 10.8 Å². The minimum absolute atomic E-state index is 0.568. The molecule has 1 heterocycles. The summed E-state index contributed by atoms with van der Waals surface area (Å²) in [5.41, 5.74) is 5.48. The standard InChI is InChI=1S/C9H17N3O2S/c1-13-5-6-14-4-2-3-11-9-7-8(10)12-15-9/h7,11H,2-6H2,1H3,(H2,10,12). The van der Waals surface area contributed by atoms with Crippen LogP contribution in [-0.2, 0) is 9.47 Å². The number of aromatic nitrogens is 1. The number of hydrogen-bond acceptors (Lipinski definition) is 6. The maximum atomic E-state index is 5.48. The van der Waals surface area contributed by atoms with Gasteiger partial charge in [0, 0.05) is 26.3 Å². The Kier molecular flexibility index (Phi) is 6.06. The van der Waals surface area contributed by atoms with E-state index >= 15 is 0 Å². The normalized spacial score (nSPS) is 10.5. The molecule has 0 spiro atoms. The van der Waals surface area contributed by atoms with Gasteiger partial charge in [0.25, 0.3) is 0 Å². The van der Waals surface area contributed by atoms with Crippen molar-refractivity contribution in [2.45, 2.75) is 6.42 Å². The van der Waals surface area contributed by atoms with E-state index in [4.69, 9.17) is 15.2 Å². The Morgan fingerprint density at radius 2 is 2.33 bits per heavy atom. The first-order chi connectivity index (χ1) is 7.33. The topological polar surface area (TPSA) is 69.4 Å². The summed E-state index contributed by atoms with van der Waals surface area (Å²) in [5, 5.41) is 4.23. The van der Waals surface area contributed by atoms with Gasteiger partial charge in [0.05, 0.1) is 13.2 Å². The number of nitrogens with one attached hydrogen (secondary N) is 1. The van der Waals surface area contributed by atoms with Gasteiger partial charge in [-0.2, -0.15) is 4.37 Å². The maximum Gasteiger partial charge on any atom is 0.139 e. The highest BCUT2D eigenvalue weighted by molar-refractivity contribution is 7.10. The van der Waals surface area contributed by atoms with Crippen molar-refractivity contribution in [2.24, 2.45) is 0 Å². The highest BCUT2D eigenvalue weighted by Gasteiger charge is 1.96. The monoisotopic (exact) mass is 231 g/mol. The van der Waals surface area contributed by atoms with Gasteiger partial charge in [-0.25, -0.2) is 0 Å². The van der Waals surface area contributed by atoms with Crippen LogP contribution >= 0.6 is 11.5 Å². The summed E-state index contributed by atoms with van der Waals surface area (Å²) in [6.07, 6.45) is 0.960. The van der Waals surface area contributed by atoms with Gasteiger partial charge in [-0.3, -0.25) is 0 Å². The fourth-order valence-corrected chi connectivity index (χ4v) is 1.60. The molecule has 0 fully saturated rings.